The smallest absolute Gasteiger partial charge is 0.261 e. The Hall–Kier alpha value is -3.93. The molecule has 0 saturated carbocycles. The number of piperidine rings is 1. The van der Waals surface area contributed by atoms with Gasteiger partial charge in [-0.2, -0.15) is 4.72 Å². The van der Waals surface area contributed by atoms with Gasteiger partial charge in [0.25, 0.3) is 11.8 Å². The predicted octanol–water partition coefficient (Wildman–Crippen LogP) is 2.83. The van der Waals surface area contributed by atoms with Gasteiger partial charge in [-0.1, -0.05) is 42.5 Å². The van der Waals surface area contributed by atoms with E-state index in [1.54, 1.807) is 41.8 Å². The third-order valence-corrected chi connectivity index (χ3v) is 8.19. The van der Waals surface area contributed by atoms with Gasteiger partial charge in [0.05, 0.1) is 12.0 Å². The zero-order valence-electron chi connectivity index (χ0n) is 21.4. The quantitative estimate of drug-likeness (QED) is 0.260. The van der Waals surface area contributed by atoms with Gasteiger partial charge in [0, 0.05) is 13.1 Å². The number of para-hydroxylation sites is 1. The minimum absolute atomic E-state index is 0.0128. The van der Waals surface area contributed by atoms with E-state index in [1.807, 2.05) is 42.5 Å². The second-order valence-corrected chi connectivity index (χ2v) is 10.9. The zero-order chi connectivity index (χ0) is 27.8. The first-order valence-electron chi connectivity index (χ1n) is 12.5. The van der Waals surface area contributed by atoms with Gasteiger partial charge >= 0.3 is 0 Å². The van der Waals surface area contributed by atoms with Crippen LogP contribution in [0.15, 0.2) is 83.8 Å². The van der Waals surface area contributed by atoms with Crippen LogP contribution in [0.5, 0.6) is 11.5 Å². The maximum absolute atomic E-state index is 13.2. The molecule has 1 aliphatic rings. The van der Waals surface area contributed by atoms with E-state index in [2.05, 4.69) is 4.72 Å². The van der Waals surface area contributed by atoms with Crippen molar-refractivity contribution in [1.29, 1.82) is 0 Å². The normalized spacial score (nSPS) is 14.9. The first-order chi connectivity index (χ1) is 18.8. The van der Waals surface area contributed by atoms with Crippen LogP contribution in [0.2, 0.25) is 0 Å². The number of sulfonamides is 1. The molecule has 1 atom stereocenters. The molecule has 10 nitrogen and oxygen atoms in total. The molecule has 1 saturated heterocycles. The number of carbonyl (C=O) groups is 2. The Balaban J connectivity index is 1.38. The van der Waals surface area contributed by atoms with Gasteiger partial charge in [0.2, 0.25) is 10.0 Å². The molecule has 1 aliphatic heterocycles. The highest BCUT2D eigenvalue weighted by atomic mass is 32.2. The number of likely N-dealkylation sites (tertiary alicyclic amines) is 1. The lowest BCUT2D eigenvalue weighted by Gasteiger charge is -2.35. The summed E-state index contributed by atoms with van der Waals surface area (Å²) in [5.41, 5.74) is 3.28. The second-order valence-electron chi connectivity index (χ2n) is 9.15. The average molecular weight is 554 g/mol. The number of nitrogens with one attached hydrogen (secondary N) is 2. The molecule has 0 aromatic heterocycles. The molecule has 0 bridgehead atoms. The van der Waals surface area contributed by atoms with Crippen LogP contribution < -0.4 is 19.7 Å². The first-order valence-corrected chi connectivity index (χ1v) is 14.0. The maximum atomic E-state index is 13.2. The molecule has 0 radical (unpaired) electrons. The molecule has 206 valence electrons. The molecule has 4 rings (SSSR count). The average Bonchev–Trinajstić information content (AvgIpc) is 2.99. The fourth-order valence-corrected chi connectivity index (χ4v) is 5.78. The van der Waals surface area contributed by atoms with E-state index >= 15 is 0 Å². The molecular weight excluding hydrogens is 522 g/mol. The van der Waals surface area contributed by atoms with E-state index in [4.69, 9.17) is 9.47 Å². The van der Waals surface area contributed by atoms with Crippen molar-refractivity contribution in [2.75, 3.05) is 26.8 Å². The van der Waals surface area contributed by atoms with Gasteiger partial charge in [0.15, 0.2) is 6.61 Å². The molecule has 11 heteroatoms. The minimum atomic E-state index is -4.09. The van der Waals surface area contributed by atoms with Crippen LogP contribution in [-0.4, -0.2) is 63.2 Å². The number of benzene rings is 3. The third-order valence-electron chi connectivity index (χ3n) is 6.73. The number of ether oxygens (including phenoxy) is 2. The van der Waals surface area contributed by atoms with Crippen LogP contribution in [0, 0.1) is 5.92 Å². The van der Waals surface area contributed by atoms with E-state index in [9.17, 15) is 23.2 Å². The van der Waals surface area contributed by atoms with E-state index in [1.165, 1.54) is 12.1 Å². The molecule has 2 amide bonds. The van der Waals surface area contributed by atoms with Crippen LogP contribution in [0.3, 0.4) is 0 Å². The Morgan fingerprint density at radius 3 is 2.08 bits per heavy atom. The summed E-state index contributed by atoms with van der Waals surface area (Å²) in [6, 6.07) is 21.4. The molecule has 3 aromatic carbocycles. The Labute approximate surface area is 227 Å². The monoisotopic (exact) mass is 553 g/mol. The van der Waals surface area contributed by atoms with Crippen molar-refractivity contribution >= 4 is 21.8 Å². The van der Waals surface area contributed by atoms with Crippen LogP contribution in [-0.2, 0) is 19.6 Å². The highest BCUT2D eigenvalue weighted by Gasteiger charge is 2.36. The number of hydrogen-bond donors (Lipinski definition) is 3. The van der Waals surface area contributed by atoms with Gasteiger partial charge in [-0.15, -0.1) is 0 Å². The van der Waals surface area contributed by atoms with E-state index in [0.29, 0.717) is 37.4 Å². The molecule has 1 unspecified atom stereocenters. The van der Waals surface area contributed by atoms with Crippen LogP contribution >= 0.6 is 0 Å². The van der Waals surface area contributed by atoms with Crippen molar-refractivity contribution < 1.29 is 32.7 Å². The lowest BCUT2D eigenvalue weighted by molar-refractivity contribution is -0.136. The predicted molar refractivity (Wildman–Crippen MR) is 144 cm³/mol. The minimum Gasteiger partial charge on any atom is -0.497 e. The standard InChI is InChI=1S/C28H31N3O7S/c1-37-23-11-7-20(8-12-23)21-9-13-25(14-10-21)39(35,36)30-27(28(33)29-34)22-15-17-31(18-16-22)26(32)19-38-24-5-3-2-4-6-24/h2-14,22,27,30,34H,15-19H2,1H3,(H,29,33). The van der Waals surface area contributed by atoms with Crippen molar-refractivity contribution in [2.24, 2.45) is 5.92 Å². The first kappa shape index (κ1) is 28.1. The fraction of sp³-hybridized carbons (Fsp3) is 0.286. The van der Waals surface area contributed by atoms with Crippen molar-refractivity contribution in [3.05, 3.63) is 78.9 Å². The molecule has 1 heterocycles. The Kier molecular flexibility index (Phi) is 9.18. The number of rotatable bonds is 10. The molecule has 3 aromatic rings. The SMILES string of the molecule is COc1ccc(-c2ccc(S(=O)(=O)NC(C(=O)NO)C3CCN(C(=O)COc4ccccc4)CC3)cc2)cc1. The topological polar surface area (TPSA) is 134 Å². The summed E-state index contributed by atoms with van der Waals surface area (Å²) in [7, 11) is -2.50. The number of methoxy groups -OCH3 is 1. The van der Waals surface area contributed by atoms with Crippen LogP contribution in [0.1, 0.15) is 12.8 Å². The number of amides is 2. The van der Waals surface area contributed by atoms with Crippen LogP contribution in [0.25, 0.3) is 11.1 Å². The summed E-state index contributed by atoms with van der Waals surface area (Å²) in [4.78, 5) is 26.7. The summed E-state index contributed by atoms with van der Waals surface area (Å²) in [5.74, 6) is -0.175. The number of hydroxylamine groups is 1. The molecule has 3 N–H and O–H groups in total. The molecule has 0 spiro atoms. The zero-order valence-corrected chi connectivity index (χ0v) is 22.3. The number of nitrogens with zero attached hydrogens (tertiary/aromatic N) is 1. The van der Waals surface area contributed by atoms with E-state index < -0.39 is 27.9 Å². The van der Waals surface area contributed by atoms with Gasteiger partial charge in [0.1, 0.15) is 17.5 Å². The van der Waals surface area contributed by atoms with Gasteiger partial charge in [-0.25, -0.2) is 13.9 Å². The van der Waals surface area contributed by atoms with Crippen molar-refractivity contribution in [1.82, 2.24) is 15.1 Å². The van der Waals surface area contributed by atoms with Gasteiger partial charge in [-0.3, -0.25) is 14.8 Å². The summed E-state index contributed by atoms with van der Waals surface area (Å²) in [6.45, 7) is 0.540. The van der Waals surface area contributed by atoms with Crippen molar-refractivity contribution in [3.63, 3.8) is 0 Å². The van der Waals surface area contributed by atoms with E-state index in [-0.39, 0.29) is 17.4 Å². The lowest BCUT2D eigenvalue weighted by atomic mass is 9.89. The molecule has 1 fully saturated rings. The maximum Gasteiger partial charge on any atom is 0.261 e. The number of carbonyl (C=O) groups excluding carboxylic acids is 2. The van der Waals surface area contributed by atoms with Gasteiger partial charge < -0.3 is 14.4 Å². The highest BCUT2D eigenvalue weighted by Crippen LogP contribution is 2.26. The Morgan fingerprint density at radius 2 is 1.51 bits per heavy atom. The third kappa shape index (κ3) is 7.14. The van der Waals surface area contributed by atoms with Crippen molar-refractivity contribution in [2.45, 2.75) is 23.8 Å². The Morgan fingerprint density at radius 1 is 0.923 bits per heavy atom. The second kappa shape index (κ2) is 12.7. The van der Waals surface area contributed by atoms with Crippen molar-refractivity contribution in [3.8, 4) is 22.6 Å². The molecule has 0 aliphatic carbocycles. The lowest BCUT2D eigenvalue weighted by Crippen LogP contribution is -2.53. The van der Waals surface area contributed by atoms with Crippen LogP contribution in [0.4, 0.5) is 0 Å². The highest BCUT2D eigenvalue weighted by molar-refractivity contribution is 7.89. The fourth-order valence-electron chi connectivity index (χ4n) is 4.51. The summed E-state index contributed by atoms with van der Waals surface area (Å²) in [6.07, 6.45) is 0.738. The summed E-state index contributed by atoms with van der Waals surface area (Å²) >= 11 is 0. The summed E-state index contributed by atoms with van der Waals surface area (Å²) in [5, 5.41) is 9.30. The summed E-state index contributed by atoms with van der Waals surface area (Å²) < 4.78 is 39.5. The largest absolute Gasteiger partial charge is 0.497 e. The molecule has 39 heavy (non-hydrogen) atoms. The van der Waals surface area contributed by atoms with E-state index in [0.717, 1.165) is 11.1 Å². The Bertz CT molecular complexity index is 1360. The molecular formula is C28H31N3O7S. The number of hydrogen-bond acceptors (Lipinski definition) is 7. The van der Waals surface area contributed by atoms with Gasteiger partial charge in [-0.05, 0) is 66.3 Å².